The van der Waals surface area contributed by atoms with Gasteiger partial charge in [0.15, 0.2) is 0 Å². The van der Waals surface area contributed by atoms with Gasteiger partial charge in [-0.15, -0.1) is 0 Å². The molecule has 0 saturated carbocycles. The molecule has 0 heterocycles. The largest absolute Gasteiger partial charge is 0.394 e. The molecule has 14 heavy (non-hydrogen) atoms. The molecule has 0 radical (unpaired) electrons. The molecule has 2 nitrogen and oxygen atoms in total. The average Bonchev–Trinajstić information content (AvgIpc) is 2.21. The van der Waals surface area contributed by atoms with Gasteiger partial charge in [0.2, 0.25) is 0 Å². The number of hydrogen-bond donors (Lipinski definition) is 2. The van der Waals surface area contributed by atoms with Crippen LogP contribution in [0.3, 0.4) is 0 Å². The zero-order valence-corrected chi connectivity index (χ0v) is 9.08. The smallest absolute Gasteiger partial charge is 0.128 e. The van der Waals surface area contributed by atoms with Crippen molar-refractivity contribution in [2.24, 2.45) is 0 Å². The Morgan fingerprint density at radius 2 is 1.64 bits per heavy atom. The summed E-state index contributed by atoms with van der Waals surface area (Å²) in [7, 11) is 0. The van der Waals surface area contributed by atoms with Crippen molar-refractivity contribution in [1.29, 1.82) is 0 Å². The van der Waals surface area contributed by atoms with Crippen LogP contribution in [0.5, 0.6) is 0 Å². The molecule has 0 aliphatic carbocycles. The van der Waals surface area contributed by atoms with Crippen molar-refractivity contribution in [2.45, 2.75) is 64.1 Å². The van der Waals surface area contributed by atoms with E-state index < -0.39 is 18.9 Å². The van der Waals surface area contributed by atoms with E-state index in [4.69, 9.17) is 10.2 Å². The zero-order chi connectivity index (χ0) is 10.8. The molecule has 0 amide bonds. The van der Waals surface area contributed by atoms with E-state index >= 15 is 0 Å². The van der Waals surface area contributed by atoms with Gasteiger partial charge < -0.3 is 10.2 Å². The quantitative estimate of drug-likeness (QED) is 0.569. The van der Waals surface area contributed by atoms with Crippen molar-refractivity contribution in [1.82, 2.24) is 0 Å². The van der Waals surface area contributed by atoms with E-state index in [2.05, 4.69) is 6.92 Å². The van der Waals surface area contributed by atoms with Crippen LogP contribution < -0.4 is 0 Å². The minimum Gasteiger partial charge on any atom is -0.394 e. The van der Waals surface area contributed by atoms with Gasteiger partial charge in [-0.2, -0.15) is 0 Å². The fourth-order valence-electron chi connectivity index (χ4n) is 1.43. The molecule has 0 saturated heterocycles. The molecule has 2 atom stereocenters. The van der Waals surface area contributed by atoms with Crippen molar-refractivity contribution < 1.29 is 14.6 Å². The summed E-state index contributed by atoms with van der Waals surface area (Å²) in [6.45, 7) is 1.69. The molecule has 0 rings (SSSR count). The molecular weight excluding hydrogens is 183 g/mol. The highest BCUT2D eigenvalue weighted by atomic mass is 19.1. The summed E-state index contributed by atoms with van der Waals surface area (Å²) in [5, 5.41) is 17.4. The SMILES string of the molecule is CCCCCCCCC(F)[C@H](O)CO. The first-order valence-electron chi connectivity index (χ1n) is 5.65. The maximum Gasteiger partial charge on any atom is 0.128 e. The molecule has 2 N–H and O–H groups in total. The van der Waals surface area contributed by atoms with Crippen LogP contribution in [0.15, 0.2) is 0 Å². The molecule has 3 heteroatoms. The van der Waals surface area contributed by atoms with Gasteiger partial charge in [0, 0.05) is 0 Å². The summed E-state index contributed by atoms with van der Waals surface area (Å²) < 4.78 is 13.0. The Hall–Kier alpha value is -0.150. The third kappa shape index (κ3) is 7.27. The van der Waals surface area contributed by atoms with Gasteiger partial charge in [0.1, 0.15) is 12.3 Å². The van der Waals surface area contributed by atoms with Crippen LogP contribution in [-0.4, -0.2) is 29.1 Å². The third-order valence-corrected chi connectivity index (χ3v) is 2.44. The first-order chi connectivity index (χ1) is 6.72. The molecule has 0 spiro atoms. The number of aliphatic hydroxyl groups is 2. The van der Waals surface area contributed by atoms with Gasteiger partial charge in [0.25, 0.3) is 0 Å². The van der Waals surface area contributed by atoms with Crippen molar-refractivity contribution in [3.8, 4) is 0 Å². The number of hydrogen-bond acceptors (Lipinski definition) is 2. The van der Waals surface area contributed by atoms with Crippen LogP contribution in [-0.2, 0) is 0 Å². The fraction of sp³-hybridized carbons (Fsp3) is 1.00. The predicted octanol–water partition coefficient (Wildman–Crippen LogP) is 2.43. The fourth-order valence-corrected chi connectivity index (χ4v) is 1.43. The van der Waals surface area contributed by atoms with Crippen LogP contribution in [0.4, 0.5) is 4.39 Å². The van der Waals surface area contributed by atoms with E-state index in [-0.39, 0.29) is 0 Å². The van der Waals surface area contributed by atoms with E-state index in [0.29, 0.717) is 6.42 Å². The molecule has 0 aromatic rings. The van der Waals surface area contributed by atoms with Gasteiger partial charge in [-0.05, 0) is 6.42 Å². The van der Waals surface area contributed by atoms with Gasteiger partial charge in [-0.25, -0.2) is 4.39 Å². The van der Waals surface area contributed by atoms with Crippen LogP contribution in [0.1, 0.15) is 51.9 Å². The van der Waals surface area contributed by atoms with Gasteiger partial charge in [0.05, 0.1) is 6.61 Å². The summed E-state index contributed by atoms with van der Waals surface area (Å²) in [4.78, 5) is 0. The van der Waals surface area contributed by atoms with Gasteiger partial charge in [-0.1, -0.05) is 45.4 Å². The second-order valence-electron chi connectivity index (χ2n) is 3.82. The lowest BCUT2D eigenvalue weighted by atomic mass is 10.1. The predicted molar refractivity (Wildman–Crippen MR) is 56.0 cm³/mol. The Kier molecular flexibility index (Phi) is 9.31. The molecule has 0 fully saturated rings. The molecule has 0 aliphatic rings. The van der Waals surface area contributed by atoms with E-state index in [0.717, 1.165) is 19.3 Å². The number of alkyl halides is 1. The molecule has 86 valence electrons. The summed E-state index contributed by atoms with van der Waals surface area (Å²) in [5.74, 6) is 0. The first-order valence-corrected chi connectivity index (χ1v) is 5.65. The van der Waals surface area contributed by atoms with E-state index in [1.807, 2.05) is 0 Å². The van der Waals surface area contributed by atoms with Crippen molar-refractivity contribution >= 4 is 0 Å². The zero-order valence-electron chi connectivity index (χ0n) is 9.08. The lowest BCUT2D eigenvalue weighted by Gasteiger charge is -2.12. The number of aliphatic hydroxyl groups excluding tert-OH is 2. The number of halogens is 1. The Balaban J connectivity index is 3.18. The highest BCUT2D eigenvalue weighted by molar-refractivity contribution is 4.66. The van der Waals surface area contributed by atoms with E-state index in [9.17, 15) is 4.39 Å². The maximum atomic E-state index is 13.0. The summed E-state index contributed by atoms with van der Waals surface area (Å²) in [6.07, 6.45) is 4.59. The topological polar surface area (TPSA) is 40.5 Å². The van der Waals surface area contributed by atoms with Crippen LogP contribution in [0.25, 0.3) is 0 Å². The molecule has 0 aliphatic heterocycles. The summed E-state index contributed by atoms with van der Waals surface area (Å²) in [6, 6.07) is 0. The Morgan fingerprint density at radius 1 is 1.07 bits per heavy atom. The van der Waals surface area contributed by atoms with Crippen LogP contribution >= 0.6 is 0 Å². The van der Waals surface area contributed by atoms with Gasteiger partial charge in [-0.3, -0.25) is 0 Å². The van der Waals surface area contributed by atoms with Crippen molar-refractivity contribution in [3.05, 3.63) is 0 Å². The first kappa shape index (κ1) is 13.8. The molecule has 0 bridgehead atoms. The number of unbranched alkanes of at least 4 members (excludes halogenated alkanes) is 5. The number of rotatable bonds is 9. The second-order valence-corrected chi connectivity index (χ2v) is 3.82. The normalized spacial score (nSPS) is 15.4. The molecule has 1 unspecified atom stereocenters. The lowest BCUT2D eigenvalue weighted by Crippen LogP contribution is -2.25. The van der Waals surface area contributed by atoms with Crippen molar-refractivity contribution in [2.75, 3.05) is 6.61 Å². The van der Waals surface area contributed by atoms with Crippen LogP contribution in [0, 0.1) is 0 Å². The second kappa shape index (κ2) is 9.41. The van der Waals surface area contributed by atoms with Crippen molar-refractivity contribution in [3.63, 3.8) is 0 Å². The Morgan fingerprint density at radius 3 is 2.21 bits per heavy atom. The minimum atomic E-state index is -1.26. The maximum absolute atomic E-state index is 13.0. The standard InChI is InChI=1S/C11H23FO2/c1-2-3-4-5-6-7-8-10(12)11(14)9-13/h10-11,13-14H,2-9H2,1H3/t10?,11-/m1/s1. The Bertz CT molecular complexity index is 120. The monoisotopic (exact) mass is 206 g/mol. The summed E-state index contributed by atoms with van der Waals surface area (Å²) in [5.41, 5.74) is 0. The lowest BCUT2D eigenvalue weighted by molar-refractivity contribution is 0.0242. The third-order valence-electron chi connectivity index (χ3n) is 2.44. The molecule has 0 aromatic heterocycles. The van der Waals surface area contributed by atoms with Gasteiger partial charge >= 0.3 is 0 Å². The minimum absolute atomic E-state index is 0.369. The average molecular weight is 206 g/mol. The molecule has 0 aromatic carbocycles. The molecular formula is C11H23FO2. The Labute approximate surface area is 86.1 Å². The van der Waals surface area contributed by atoms with E-state index in [1.165, 1.54) is 19.3 Å². The van der Waals surface area contributed by atoms with Crippen LogP contribution in [0.2, 0.25) is 0 Å². The summed E-state index contributed by atoms with van der Waals surface area (Å²) >= 11 is 0. The highest BCUT2D eigenvalue weighted by Gasteiger charge is 2.15. The highest BCUT2D eigenvalue weighted by Crippen LogP contribution is 2.12. The van der Waals surface area contributed by atoms with E-state index in [1.54, 1.807) is 0 Å².